The smallest absolute Gasteiger partial charge is 0.316 e. The largest absolute Gasteiger partial charge is 0.379 e. The molecule has 0 aromatic heterocycles. The minimum atomic E-state index is -0.395. The van der Waals surface area contributed by atoms with Crippen molar-refractivity contribution in [2.75, 3.05) is 17.3 Å². The predicted molar refractivity (Wildman–Crippen MR) is 73.8 cm³/mol. The number of hydrazine groups is 1. The Morgan fingerprint density at radius 3 is 2.58 bits per heavy atom. The van der Waals surface area contributed by atoms with Crippen molar-refractivity contribution >= 4 is 17.1 Å². The van der Waals surface area contributed by atoms with Gasteiger partial charge in [-0.05, 0) is 49.1 Å². The molecule has 0 heterocycles. The minimum absolute atomic E-state index is 0.0246. The van der Waals surface area contributed by atoms with Crippen LogP contribution >= 0.6 is 0 Å². The van der Waals surface area contributed by atoms with Crippen LogP contribution in [-0.4, -0.2) is 11.5 Å². The molecule has 0 spiro atoms. The van der Waals surface area contributed by atoms with Crippen molar-refractivity contribution in [1.82, 2.24) is 0 Å². The van der Waals surface area contributed by atoms with Gasteiger partial charge in [0.1, 0.15) is 11.4 Å². The van der Waals surface area contributed by atoms with Gasteiger partial charge in [0.15, 0.2) is 0 Å². The van der Waals surface area contributed by atoms with Crippen molar-refractivity contribution in [2.45, 2.75) is 25.7 Å². The highest BCUT2D eigenvalue weighted by atomic mass is 16.6. The normalized spacial score (nSPS) is 19.8. The van der Waals surface area contributed by atoms with Crippen molar-refractivity contribution in [3.63, 3.8) is 0 Å². The molecule has 1 aromatic rings. The summed E-state index contributed by atoms with van der Waals surface area (Å²) in [6.07, 6.45) is 5.11. The molecule has 0 amide bonds. The van der Waals surface area contributed by atoms with Crippen molar-refractivity contribution < 1.29 is 4.92 Å². The van der Waals surface area contributed by atoms with Crippen LogP contribution in [0.15, 0.2) is 18.2 Å². The average molecular weight is 262 g/mol. The van der Waals surface area contributed by atoms with E-state index in [1.165, 1.54) is 25.7 Å². The summed E-state index contributed by atoms with van der Waals surface area (Å²) in [5.41, 5.74) is 3.70. The number of nitrogen functional groups attached to an aromatic ring is 1. The van der Waals surface area contributed by atoms with Gasteiger partial charge in [0.2, 0.25) is 0 Å². The molecule has 2 saturated carbocycles. The Hall–Kier alpha value is -1.82. The SMILES string of the molecule is NNc1cccc(NCC2(C3CC3)CC2)c1[N+](=O)[O-]. The second-order valence-electron chi connectivity index (χ2n) is 5.59. The molecular formula is C13H18N4O2. The number of nitrogens with zero attached hydrogens (tertiary/aromatic N) is 1. The van der Waals surface area contributed by atoms with E-state index in [1.54, 1.807) is 18.2 Å². The number of hydrogen-bond donors (Lipinski definition) is 3. The number of benzene rings is 1. The molecule has 0 radical (unpaired) electrons. The number of para-hydroxylation sites is 1. The zero-order valence-electron chi connectivity index (χ0n) is 10.7. The van der Waals surface area contributed by atoms with Crippen molar-refractivity contribution in [2.24, 2.45) is 17.2 Å². The van der Waals surface area contributed by atoms with Crippen molar-refractivity contribution in [3.05, 3.63) is 28.3 Å². The Bertz CT molecular complexity index is 509. The van der Waals surface area contributed by atoms with Crippen LogP contribution < -0.4 is 16.6 Å². The molecule has 2 aliphatic rings. The Balaban J connectivity index is 1.78. The Kier molecular flexibility index (Phi) is 2.82. The van der Waals surface area contributed by atoms with Gasteiger partial charge in [0.25, 0.3) is 0 Å². The van der Waals surface area contributed by atoms with Gasteiger partial charge in [-0.15, -0.1) is 0 Å². The van der Waals surface area contributed by atoms with E-state index < -0.39 is 4.92 Å². The fraction of sp³-hybridized carbons (Fsp3) is 0.538. The molecule has 1 aromatic carbocycles. The molecule has 6 nitrogen and oxygen atoms in total. The van der Waals surface area contributed by atoms with E-state index in [1.807, 2.05) is 0 Å². The Labute approximate surface area is 111 Å². The molecule has 2 fully saturated rings. The predicted octanol–water partition coefficient (Wildman–Crippen LogP) is 2.48. The lowest BCUT2D eigenvalue weighted by atomic mass is 10.0. The molecular weight excluding hydrogens is 244 g/mol. The summed E-state index contributed by atoms with van der Waals surface area (Å²) in [6.45, 7) is 0.826. The zero-order valence-corrected chi connectivity index (χ0v) is 10.7. The Morgan fingerprint density at radius 2 is 2.05 bits per heavy atom. The van der Waals surface area contributed by atoms with Gasteiger partial charge < -0.3 is 10.7 Å². The summed E-state index contributed by atoms with van der Waals surface area (Å²) in [5, 5.41) is 14.4. The standard InChI is InChI=1S/C13H18N4O2/c14-16-11-3-1-2-10(12(11)17(18)19)15-8-13(6-7-13)9-4-5-9/h1-3,9,15-16H,4-8,14H2. The zero-order chi connectivity index (χ0) is 13.5. The third kappa shape index (κ3) is 2.23. The first-order chi connectivity index (χ1) is 9.16. The third-order valence-corrected chi connectivity index (χ3v) is 4.34. The summed E-state index contributed by atoms with van der Waals surface area (Å²) >= 11 is 0. The van der Waals surface area contributed by atoms with Crippen molar-refractivity contribution in [1.29, 1.82) is 0 Å². The lowest BCUT2D eigenvalue weighted by Gasteiger charge is -2.16. The van der Waals surface area contributed by atoms with Crippen molar-refractivity contribution in [3.8, 4) is 0 Å². The molecule has 19 heavy (non-hydrogen) atoms. The summed E-state index contributed by atoms with van der Waals surface area (Å²) < 4.78 is 0. The number of nitrogens with two attached hydrogens (primary N) is 1. The maximum atomic E-state index is 11.2. The van der Waals surface area contributed by atoms with E-state index >= 15 is 0 Å². The van der Waals surface area contributed by atoms with Crippen LogP contribution in [0.1, 0.15) is 25.7 Å². The number of nitro groups is 1. The van der Waals surface area contributed by atoms with Gasteiger partial charge in [-0.2, -0.15) is 0 Å². The monoisotopic (exact) mass is 262 g/mol. The molecule has 102 valence electrons. The quantitative estimate of drug-likeness (QED) is 0.416. The number of nitro benzene ring substituents is 1. The molecule has 6 heteroatoms. The van der Waals surface area contributed by atoms with E-state index in [9.17, 15) is 10.1 Å². The lowest BCUT2D eigenvalue weighted by molar-refractivity contribution is -0.383. The topological polar surface area (TPSA) is 93.2 Å². The van der Waals surface area contributed by atoms with Gasteiger partial charge in [-0.3, -0.25) is 16.0 Å². The number of hydrogen-bond acceptors (Lipinski definition) is 5. The van der Waals surface area contributed by atoms with E-state index in [2.05, 4.69) is 10.7 Å². The van der Waals surface area contributed by atoms with E-state index in [-0.39, 0.29) is 5.69 Å². The molecule has 2 aliphatic carbocycles. The maximum absolute atomic E-state index is 11.2. The average Bonchev–Trinajstić information content (AvgIpc) is 3.27. The van der Waals surface area contributed by atoms with Crippen LogP contribution in [0.25, 0.3) is 0 Å². The number of nitrogens with one attached hydrogen (secondary N) is 2. The first-order valence-electron chi connectivity index (χ1n) is 6.64. The molecule has 0 unspecified atom stereocenters. The molecule has 4 N–H and O–H groups in total. The summed E-state index contributed by atoms with van der Waals surface area (Å²) in [6, 6.07) is 5.11. The first kappa shape index (κ1) is 12.2. The van der Waals surface area contributed by atoms with Crippen LogP contribution in [0.5, 0.6) is 0 Å². The van der Waals surface area contributed by atoms with Gasteiger partial charge in [-0.1, -0.05) is 6.07 Å². The van der Waals surface area contributed by atoms with Crippen LogP contribution in [0, 0.1) is 21.4 Å². The maximum Gasteiger partial charge on any atom is 0.316 e. The van der Waals surface area contributed by atoms with Crippen LogP contribution in [-0.2, 0) is 0 Å². The summed E-state index contributed by atoms with van der Waals surface area (Å²) in [7, 11) is 0. The van der Waals surface area contributed by atoms with Gasteiger partial charge >= 0.3 is 5.69 Å². The molecule has 0 bridgehead atoms. The molecule has 0 aliphatic heterocycles. The van der Waals surface area contributed by atoms with Gasteiger partial charge in [0, 0.05) is 6.54 Å². The second kappa shape index (κ2) is 4.38. The highest BCUT2D eigenvalue weighted by Crippen LogP contribution is 2.61. The van der Waals surface area contributed by atoms with Crippen LogP contribution in [0.2, 0.25) is 0 Å². The first-order valence-corrected chi connectivity index (χ1v) is 6.64. The third-order valence-electron chi connectivity index (χ3n) is 4.34. The highest BCUT2D eigenvalue weighted by Gasteiger charge is 2.53. The van der Waals surface area contributed by atoms with Crippen LogP contribution in [0.3, 0.4) is 0 Å². The fourth-order valence-electron chi connectivity index (χ4n) is 2.86. The van der Waals surface area contributed by atoms with Gasteiger partial charge in [0.05, 0.1) is 4.92 Å². The fourth-order valence-corrected chi connectivity index (χ4v) is 2.86. The minimum Gasteiger partial charge on any atom is -0.379 e. The number of anilines is 2. The van der Waals surface area contributed by atoms with E-state index in [0.717, 1.165) is 12.5 Å². The summed E-state index contributed by atoms with van der Waals surface area (Å²) in [4.78, 5) is 10.8. The van der Waals surface area contributed by atoms with Gasteiger partial charge in [-0.25, -0.2) is 0 Å². The molecule has 0 atom stereocenters. The van der Waals surface area contributed by atoms with Crippen LogP contribution in [0.4, 0.5) is 17.1 Å². The number of rotatable bonds is 6. The Morgan fingerprint density at radius 1 is 1.37 bits per heavy atom. The lowest BCUT2D eigenvalue weighted by Crippen LogP contribution is -2.18. The highest BCUT2D eigenvalue weighted by molar-refractivity contribution is 5.75. The van der Waals surface area contributed by atoms with E-state index in [0.29, 0.717) is 16.8 Å². The second-order valence-corrected chi connectivity index (χ2v) is 5.59. The molecule has 0 saturated heterocycles. The molecule has 3 rings (SSSR count). The summed E-state index contributed by atoms with van der Waals surface area (Å²) in [5.74, 6) is 6.16. The van der Waals surface area contributed by atoms with E-state index in [4.69, 9.17) is 5.84 Å².